The molecule has 0 aliphatic carbocycles. The minimum Gasteiger partial charge on any atom is -0.486 e. The molecule has 2 aliphatic heterocycles. The Kier molecular flexibility index (Phi) is 5.25. The van der Waals surface area contributed by atoms with Crippen LogP contribution in [-0.2, 0) is 0 Å². The largest absolute Gasteiger partial charge is 0.486 e. The Morgan fingerprint density at radius 1 is 1.29 bits per heavy atom. The van der Waals surface area contributed by atoms with Crippen molar-refractivity contribution >= 4 is 35.1 Å². The second kappa shape index (κ2) is 7.89. The standard InChI is InChI=1S/C21H17ClN4O5/c22-18-8-13(15(11-24-18)25-20(29)30)19(28)26-5-3-21(4-6-26)9-16(27)14-7-12(10-23)1-2-17(14)31-21/h1-2,7-8,11,25H,3-6,9H2,(H,29,30). The molecule has 9 nitrogen and oxygen atoms in total. The summed E-state index contributed by atoms with van der Waals surface area (Å²) >= 11 is 5.90. The van der Waals surface area contributed by atoms with Gasteiger partial charge in [0.2, 0.25) is 0 Å². The van der Waals surface area contributed by atoms with Crippen LogP contribution in [0.4, 0.5) is 10.5 Å². The van der Waals surface area contributed by atoms with E-state index in [0.29, 0.717) is 42.8 Å². The van der Waals surface area contributed by atoms with E-state index in [1.54, 1.807) is 17.0 Å². The number of rotatable bonds is 2. The number of Topliss-reactive ketones (excluding diaryl/α,β-unsaturated/α-hetero) is 1. The molecule has 0 bridgehead atoms. The van der Waals surface area contributed by atoms with E-state index < -0.39 is 11.7 Å². The molecule has 1 aromatic heterocycles. The van der Waals surface area contributed by atoms with Gasteiger partial charge in [-0.2, -0.15) is 5.26 Å². The summed E-state index contributed by atoms with van der Waals surface area (Å²) in [5, 5.41) is 20.3. The predicted octanol–water partition coefficient (Wildman–Crippen LogP) is 3.34. The van der Waals surface area contributed by atoms with Gasteiger partial charge in [0.1, 0.15) is 16.5 Å². The smallest absolute Gasteiger partial charge is 0.409 e. The Hall–Kier alpha value is -3.64. The number of anilines is 1. The lowest BCUT2D eigenvalue weighted by atomic mass is 9.82. The number of ketones is 1. The SMILES string of the molecule is N#Cc1ccc2c(c1)C(=O)CC1(CCN(C(=O)c3cc(Cl)ncc3NC(=O)O)CC1)O2. The van der Waals surface area contributed by atoms with Gasteiger partial charge in [-0.3, -0.25) is 14.9 Å². The Labute approximate surface area is 182 Å². The van der Waals surface area contributed by atoms with Gasteiger partial charge in [0.25, 0.3) is 5.91 Å². The molecule has 3 heterocycles. The molecule has 0 saturated carbocycles. The fourth-order valence-electron chi connectivity index (χ4n) is 3.95. The van der Waals surface area contributed by atoms with Crippen LogP contribution >= 0.6 is 11.6 Å². The van der Waals surface area contributed by atoms with Crippen LogP contribution in [0.25, 0.3) is 0 Å². The number of ether oxygens (including phenoxy) is 1. The lowest BCUT2D eigenvalue weighted by Crippen LogP contribution is -2.52. The number of carbonyl (C=O) groups is 3. The summed E-state index contributed by atoms with van der Waals surface area (Å²) in [7, 11) is 0. The molecule has 0 unspecified atom stereocenters. The van der Waals surface area contributed by atoms with Gasteiger partial charge in [-0.05, 0) is 24.3 Å². The Morgan fingerprint density at radius 3 is 2.71 bits per heavy atom. The van der Waals surface area contributed by atoms with Crippen molar-refractivity contribution in [2.24, 2.45) is 0 Å². The summed E-state index contributed by atoms with van der Waals surface area (Å²) in [6.07, 6.45) is 0.923. The number of nitrogens with zero attached hydrogens (tertiary/aromatic N) is 3. The number of hydrogen-bond acceptors (Lipinski definition) is 6. The number of nitriles is 1. The molecule has 0 atom stereocenters. The van der Waals surface area contributed by atoms with Gasteiger partial charge in [-0.15, -0.1) is 0 Å². The highest BCUT2D eigenvalue weighted by Gasteiger charge is 2.44. The maximum atomic E-state index is 13.0. The Balaban J connectivity index is 1.51. The number of benzene rings is 1. The second-order valence-electron chi connectivity index (χ2n) is 7.48. The van der Waals surface area contributed by atoms with E-state index >= 15 is 0 Å². The third-order valence-electron chi connectivity index (χ3n) is 5.52. The van der Waals surface area contributed by atoms with Gasteiger partial charge >= 0.3 is 6.09 Å². The molecule has 1 fully saturated rings. The van der Waals surface area contributed by atoms with Gasteiger partial charge in [0, 0.05) is 25.9 Å². The maximum Gasteiger partial charge on any atom is 0.409 e. The average molecular weight is 441 g/mol. The van der Waals surface area contributed by atoms with Gasteiger partial charge < -0.3 is 14.7 Å². The topological polar surface area (TPSA) is 133 Å². The fourth-order valence-corrected chi connectivity index (χ4v) is 4.11. The average Bonchev–Trinajstić information content (AvgIpc) is 2.74. The number of pyridine rings is 1. The van der Waals surface area contributed by atoms with Crippen molar-refractivity contribution in [1.29, 1.82) is 5.26 Å². The zero-order chi connectivity index (χ0) is 22.2. The summed E-state index contributed by atoms with van der Waals surface area (Å²) in [5.41, 5.74) is 0.238. The van der Waals surface area contributed by atoms with E-state index in [0.717, 1.165) is 0 Å². The normalized spacial score (nSPS) is 16.8. The second-order valence-corrected chi connectivity index (χ2v) is 7.87. The Morgan fingerprint density at radius 2 is 2.03 bits per heavy atom. The number of carboxylic acid groups (broad SMARTS) is 1. The fraction of sp³-hybridized carbons (Fsp3) is 0.286. The molecule has 2 N–H and O–H groups in total. The van der Waals surface area contributed by atoms with Gasteiger partial charge in [0.05, 0.1) is 41.1 Å². The van der Waals surface area contributed by atoms with Crippen LogP contribution < -0.4 is 10.1 Å². The molecule has 2 aromatic rings. The van der Waals surface area contributed by atoms with Crippen molar-refractivity contribution in [2.45, 2.75) is 24.9 Å². The third-order valence-corrected chi connectivity index (χ3v) is 5.73. The highest BCUT2D eigenvalue weighted by Crippen LogP contribution is 2.40. The molecule has 1 saturated heterocycles. The molecule has 4 rings (SSSR count). The lowest BCUT2D eigenvalue weighted by molar-refractivity contribution is -0.00569. The van der Waals surface area contributed by atoms with Crippen LogP contribution in [0, 0.1) is 11.3 Å². The summed E-state index contributed by atoms with van der Waals surface area (Å²) in [6.45, 7) is 0.647. The van der Waals surface area contributed by atoms with Crippen molar-refractivity contribution in [3.63, 3.8) is 0 Å². The van der Waals surface area contributed by atoms with E-state index in [4.69, 9.17) is 26.7 Å². The monoisotopic (exact) mass is 440 g/mol. The molecular formula is C21H17ClN4O5. The van der Waals surface area contributed by atoms with Crippen LogP contribution in [-0.4, -0.2) is 51.5 Å². The summed E-state index contributed by atoms with van der Waals surface area (Å²) < 4.78 is 6.17. The summed E-state index contributed by atoms with van der Waals surface area (Å²) in [5.74, 6) is -0.0278. The van der Waals surface area contributed by atoms with Crippen molar-refractivity contribution < 1.29 is 24.2 Å². The van der Waals surface area contributed by atoms with E-state index in [1.807, 2.05) is 6.07 Å². The number of aromatic nitrogens is 1. The van der Waals surface area contributed by atoms with Crippen molar-refractivity contribution in [1.82, 2.24) is 9.88 Å². The van der Waals surface area contributed by atoms with Crippen molar-refractivity contribution in [3.8, 4) is 11.8 Å². The molecule has 0 radical (unpaired) electrons. The molecule has 31 heavy (non-hydrogen) atoms. The first-order valence-corrected chi connectivity index (χ1v) is 9.89. The van der Waals surface area contributed by atoms with E-state index in [2.05, 4.69) is 10.3 Å². The molecular weight excluding hydrogens is 424 g/mol. The first kappa shape index (κ1) is 20.6. The highest BCUT2D eigenvalue weighted by atomic mass is 35.5. The minimum atomic E-state index is -1.32. The van der Waals surface area contributed by atoms with Crippen LogP contribution in [0.15, 0.2) is 30.5 Å². The predicted molar refractivity (Wildman–Crippen MR) is 109 cm³/mol. The zero-order valence-electron chi connectivity index (χ0n) is 16.2. The van der Waals surface area contributed by atoms with E-state index in [9.17, 15) is 14.4 Å². The van der Waals surface area contributed by atoms with E-state index in [1.165, 1.54) is 18.3 Å². The number of piperidine rings is 1. The first-order valence-electron chi connectivity index (χ1n) is 9.51. The maximum absolute atomic E-state index is 13.0. The zero-order valence-corrected chi connectivity index (χ0v) is 17.0. The van der Waals surface area contributed by atoms with Crippen LogP contribution in [0.1, 0.15) is 45.5 Å². The van der Waals surface area contributed by atoms with E-state index in [-0.39, 0.29) is 34.5 Å². The summed E-state index contributed by atoms with van der Waals surface area (Å²) in [6, 6.07) is 8.11. The molecule has 1 spiro atoms. The number of likely N-dealkylation sites (tertiary alicyclic amines) is 1. The van der Waals surface area contributed by atoms with Crippen molar-refractivity contribution in [3.05, 3.63) is 52.3 Å². The number of nitrogens with one attached hydrogen (secondary N) is 1. The summed E-state index contributed by atoms with van der Waals surface area (Å²) in [4.78, 5) is 42.1. The lowest BCUT2D eigenvalue weighted by Gasteiger charge is -2.44. The molecule has 2 aliphatic rings. The number of amides is 2. The van der Waals surface area contributed by atoms with Gasteiger partial charge in [-0.25, -0.2) is 9.78 Å². The van der Waals surface area contributed by atoms with Gasteiger partial charge in [-0.1, -0.05) is 11.6 Å². The molecule has 2 amide bonds. The quantitative estimate of drug-likeness (QED) is 0.684. The Bertz CT molecular complexity index is 1140. The molecule has 10 heteroatoms. The highest BCUT2D eigenvalue weighted by molar-refractivity contribution is 6.30. The number of hydrogen-bond donors (Lipinski definition) is 2. The molecule has 158 valence electrons. The number of fused-ring (bicyclic) bond motifs is 1. The number of carbonyl (C=O) groups excluding carboxylic acids is 2. The molecule has 1 aromatic carbocycles. The third kappa shape index (κ3) is 4.02. The van der Waals surface area contributed by atoms with Crippen LogP contribution in [0.5, 0.6) is 5.75 Å². The van der Waals surface area contributed by atoms with Crippen LogP contribution in [0.2, 0.25) is 5.15 Å². The number of halogens is 1. The van der Waals surface area contributed by atoms with Crippen LogP contribution in [0.3, 0.4) is 0 Å². The van der Waals surface area contributed by atoms with Crippen molar-refractivity contribution in [2.75, 3.05) is 18.4 Å². The first-order chi connectivity index (χ1) is 14.8. The minimum absolute atomic E-state index is 0.0495. The van der Waals surface area contributed by atoms with Gasteiger partial charge in [0.15, 0.2) is 5.78 Å².